The Morgan fingerprint density at radius 2 is 2.00 bits per heavy atom. The average molecular weight is 491 g/mol. The Hall–Kier alpha value is -0.780. The summed E-state index contributed by atoms with van der Waals surface area (Å²) >= 11 is 6.01. The van der Waals surface area contributed by atoms with Crippen molar-refractivity contribution < 1.29 is 13.2 Å². The molecule has 0 radical (unpaired) electrons. The highest BCUT2D eigenvalue weighted by Crippen LogP contribution is 2.26. The Morgan fingerprint density at radius 1 is 1.38 bits per heavy atom. The van der Waals surface area contributed by atoms with Crippen LogP contribution in [0.15, 0.2) is 23.2 Å². The van der Waals surface area contributed by atoms with Gasteiger partial charge >= 0.3 is 0 Å². The first-order valence-corrected chi connectivity index (χ1v) is 9.21. The van der Waals surface area contributed by atoms with E-state index in [-0.39, 0.29) is 42.2 Å². The fourth-order valence-corrected chi connectivity index (χ4v) is 3.58. The van der Waals surface area contributed by atoms with E-state index in [2.05, 4.69) is 10.3 Å². The van der Waals surface area contributed by atoms with Crippen molar-refractivity contribution in [2.75, 3.05) is 37.8 Å². The van der Waals surface area contributed by atoms with Gasteiger partial charge in [0, 0.05) is 18.8 Å². The number of methoxy groups -OCH3 is 1. The molecule has 1 aromatic rings. The van der Waals surface area contributed by atoms with Gasteiger partial charge in [-0.05, 0) is 18.2 Å². The smallest absolute Gasteiger partial charge is 0.215 e. The van der Waals surface area contributed by atoms with Crippen molar-refractivity contribution in [1.29, 1.82) is 0 Å². The predicted octanol–water partition coefficient (Wildman–Crippen LogP) is 2.36. The van der Waals surface area contributed by atoms with Crippen LogP contribution in [-0.2, 0) is 10.0 Å². The SMILES string of the molecule is CCN(CC)S(=O)(=O)CCN=C(N)Nc1ccc(OC)c(Cl)c1.I. The Labute approximate surface area is 165 Å². The number of rotatable bonds is 8. The van der Waals surface area contributed by atoms with Gasteiger partial charge in [-0.25, -0.2) is 12.7 Å². The summed E-state index contributed by atoms with van der Waals surface area (Å²) in [6.07, 6.45) is 0. The first-order chi connectivity index (χ1) is 10.8. The molecule has 0 amide bonds. The lowest BCUT2D eigenvalue weighted by atomic mass is 10.3. The minimum Gasteiger partial charge on any atom is -0.495 e. The normalized spacial score (nSPS) is 12.0. The van der Waals surface area contributed by atoms with E-state index in [1.54, 1.807) is 32.0 Å². The minimum absolute atomic E-state index is 0. The molecule has 0 aliphatic carbocycles. The van der Waals surface area contributed by atoms with Crippen molar-refractivity contribution in [3.63, 3.8) is 0 Å². The minimum atomic E-state index is -3.30. The van der Waals surface area contributed by atoms with Gasteiger partial charge in [-0.2, -0.15) is 0 Å². The van der Waals surface area contributed by atoms with Crippen LogP contribution in [0.2, 0.25) is 5.02 Å². The Morgan fingerprint density at radius 3 is 2.50 bits per heavy atom. The topological polar surface area (TPSA) is 97.0 Å². The van der Waals surface area contributed by atoms with Crippen LogP contribution >= 0.6 is 35.6 Å². The lowest BCUT2D eigenvalue weighted by molar-refractivity contribution is 0.415. The zero-order valence-corrected chi connectivity index (χ0v) is 17.9. The first-order valence-electron chi connectivity index (χ1n) is 7.22. The van der Waals surface area contributed by atoms with E-state index >= 15 is 0 Å². The summed E-state index contributed by atoms with van der Waals surface area (Å²) in [6, 6.07) is 5.08. The summed E-state index contributed by atoms with van der Waals surface area (Å²) in [5.74, 6) is 0.597. The summed E-state index contributed by atoms with van der Waals surface area (Å²) < 4.78 is 30.5. The van der Waals surface area contributed by atoms with Crippen molar-refractivity contribution in [1.82, 2.24) is 4.31 Å². The van der Waals surface area contributed by atoms with Gasteiger partial charge in [0.25, 0.3) is 0 Å². The van der Waals surface area contributed by atoms with Gasteiger partial charge in [0.2, 0.25) is 10.0 Å². The average Bonchev–Trinajstić information content (AvgIpc) is 2.48. The molecule has 0 aliphatic rings. The fraction of sp³-hybridized carbons (Fsp3) is 0.500. The molecule has 1 aromatic carbocycles. The number of hydrogen-bond acceptors (Lipinski definition) is 4. The van der Waals surface area contributed by atoms with Crippen LogP contribution in [0.5, 0.6) is 5.75 Å². The molecule has 0 spiro atoms. The molecule has 24 heavy (non-hydrogen) atoms. The summed E-state index contributed by atoms with van der Waals surface area (Å²) in [6.45, 7) is 4.57. The molecule has 0 aliphatic heterocycles. The van der Waals surface area contributed by atoms with Crippen molar-refractivity contribution in [2.45, 2.75) is 13.8 Å². The van der Waals surface area contributed by atoms with E-state index in [4.69, 9.17) is 22.1 Å². The van der Waals surface area contributed by atoms with Crippen molar-refractivity contribution in [3.8, 4) is 5.75 Å². The van der Waals surface area contributed by atoms with E-state index in [0.717, 1.165) is 0 Å². The molecule has 10 heteroatoms. The molecule has 1 rings (SSSR count). The number of hydrogen-bond donors (Lipinski definition) is 2. The maximum atomic E-state index is 12.0. The van der Waals surface area contributed by atoms with Crippen LogP contribution < -0.4 is 15.8 Å². The molecular formula is C14H24ClIN4O3S. The number of nitrogens with one attached hydrogen (secondary N) is 1. The third-order valence-corrected chi connectivity index (χ3v) is 5.45. The number of guanidine groups is 1. The lowest BCUT2D eigenvalue weighted by Gasteiger charge is -2.17. The maximum absolute atomic E-state index is 12.0. The van der Waals surface area contributed by atoms with Crippen LogP contribution in [0.1, 0.15) is 13.8 Å². The Balaban J connectivity index is 0.00000529. The maximum Gasteiger partial charge on any atom is 0.215 e. The lowest BCUT2D eigenvalue weighted by Crippen LogP contribution is -2.34. The van der Waals surface area contributed by atoms with Gasteiger partial charge in [-0.1, -0.05) is 25.4 Å². The van der Waals surface area contributed by atoms with E-state index in [9.17, 15) is 8.42 Å². The van der Waals surface area contributed by atoms with Crippen molar-refractivity contribution in [3.05, 3.63) is 23.2 Å². The van der Waals surface area contributed by atoms with E-state index in [1.165, 1.54) is 11.4 Å². The molecule has 138 valence electrons. The van der Waals surface area contributed by atoms with Gasteiger partial charge in [-0.15, -0.1) is 24.0 Å². The highest BCUT2D eigenvalue weighted by molar-refractivity contribution is 14.0. The van der Waals surface area contributed by atoms with Crippen LogP contribution in [0.4, 0.5) is 5.69 Å². The second kappa shape index (κ2) is 11.0. The zero-order valence-electron chi connectivity index (χ0n) is 14.0. The third kappa shape index (κ3) is 6.99. The van der Waals surface area contributed by atoms with Gasteiger partial charge in [0.15, 0.2) is 5.96 Å². The van der Waals surface area contributed by atoms with E-state index in [1.807, 2.05) is 0 Å². The predicted molar refractivity (Wildman–Crippen MR) is 110 cm³/mol. The first kappa shape index (κ1) is 23.2. The second-order valence-electron chi connectivity index (χ2n) is 4.64. The van der Waals surface area contributed by atoms with Crippen LogP contribution in [-0.4, -0.2) is 51.2 Å². The molecule has 0 saturated heterocycles. The summed E-state index contributed by atoms with van der Waals surface area (Å²) in [5, 5.41) is 3.30. The van der Waals surface area contributed by atoms with Gasteiger partial charge < -0.3 is 15.8 Å². The Kier molecular flexibility index (Phi) is 10.6. The highest BCUT2D eigenvalue weighted by atomic mass is 127. The number of nitrogens with two attached hydrogens (primary N) is 1. The van der Waals surface area contributed by atoms with Gasteiger partial charge in [0.05, 0.1) is 24.4 Å². The molecule has 0 fully saturated rings. The number of ether oxygens (including phenoxy) is 1. The summed E-state index contributed by atoms with van der Waals surface area (Å²) in [7, 11) is -1.77. The molecule has 0 aromatic heterocycles. The van der Waals surface area contributed by atoms with E-state index in [0.29, 0.717) is 29.5 Å². The summed E-state index contributed by atoms with van der Waals surface area (Å²) in [5.41, 5.74) is 6.40. The molecule has 3 N–H and O–H groups in total. The van der Waals surface area contributed by atoms with Crippen molar-refractivity contribution >= 4 is 57.2 Å². The van der Waals surface area contributed by atoms with E-state index < -0.39 is 10.0 Å². The quantitative estimate of drug-likeness (QED) is 0.331. The third-order valence-electron chi connectivity index (χ3n) is 3.15. The molecule has 0 unspecified atom stereocenters. The van der Waals surface area contributed by atoms with Crippen LogP contribution in [0.3, 0.4) is 0 Å². The Bertz CT molecular complexity index is 651. The zero-order chi connectivity index (χ0) is 17.5. The molecule has 7 nitrogen and oxygen atoms in total. The number of benzene rings is 1. The molecule has 0 bridgehead atoms. The van der Waals surface area contributed by atoms with Gasteiger partial charge in [0.1, 0.15) is 5.75 Å². The summed E-state index contributed by atoms with van der Waals surface area (Å²) in [4.78, 5) is 4.03. The fourth-order valence-electron chi connectivity index (χ4n) is 1.96. The monoisotopic (exact) mass is 490 g/mol. The largest absolute Gasteiger partial charge is 0.495 e. The number of anilines is 1. The molecule has 0 saturated carbocycles. The number of aliphatic imine (C=N–C) groups is 1. The number of nitrogens with zero attached hydrogens (tertiary/aromatic N) is 2. The molecule has 0 atom stereocenters. The second-order valence-corrected chi connectivity index (χ2v) is 7.14. The number of halogens is 2. The molecular weight excluding hydrogens is 467 g/mol. The van der Waals surface area contributed by atoms with Crippen molar-refractivity contribution in [2.24, 2.45) is 10.7 Å². The molecule has 0 heterocycles. The standard InChI is InChI=1S/C14H23ClN4O3S.HI/c1-4-19(5-2)23(20,21)9-8-17-14(16)18-11-6-7-13(22-3)12(15)10-11;/h6-7,10H,4-5,8-9H2,1-3H3,(H3,16,17,18);1H. The van der Waals surface area contributed by atoms with Gasteiger partial charge in [-0.3, -0.25) is 4.99 Å². The number of sulfonamides is 1. The highest BCUT2D eigenvalue weighted by Gasteiger charge is 2.17. The van der Waals surface area contributed by atoms with Crippen LogP contribution in [0, 0.1) is 0 Å². The van der Waals surface area contributed by atoms with Crippen LogP contribution in [0.25, 0.3) is 0 Å².